The number of likely N-dealkylation sites (tertiary alicyclic amines) is 1. The molecule has 2 saturated heterocycles. The van der Waals surface area contributed by atoms with E-state index in [9.17, 15) is 14.7 Å². The number of carbonyl (C=O) groups excluding carboxylic acids is 1. The molecule has 3 aromatic rings. The predicted octanol–water partition coefficient (Wildman–Crippen LogP) is 1.82. The van der Waals surface area contributed by atoms with Gasteiger partial charge in [0.15, 0.2) is 0 Å². The van der Waals surface area contributed by atoms with E-state index in [1.54, 1.807) is 23.4 Å². The van der Waals surface area contributed by atoms with Crippen LogP contribution < -0.4 is 10.5 Å². The maximum atomic E-state index is 13.2. The number of aliphatic hydroxyl groups excluding tert-OH is 1. The van der Waals surface area contributed by atoms with Crippen molar-refractivity contribution in [3.05, 3.63) is 58.3 Å². The Bertz CT molecular complexity index is 1230. The van der Waals surface area contributed by atoms with Crippen molar-refractivity contribution in [3.63, 3.8) is 0 Å². The average molecular weight is 420 g/mol. The third-order valence-electron chi connectivity index (χ3n) is 6.94. The van der Waals surface area contributed by atoms with Gasteiger partial charge in [-0.2, -0.15) is 0 Å². The summed E-state index contributed by atoms with van der Waals surface area (Å²) in [6.45, 7) is 2.99. The van der Waals surface area contributed by atoms with E-state index in [4.69, 9.17) is 4.42 Å². The lowest BCUT2D eigenvalue weighted by Gasteiger charge is -2.43. The van der Waals surface area contributed by atoms with Gasteiger partial charge in [-0.3, -0.25) is 9.59 Å². The summed E-state index contributed by atoms with van der Waals surface area (Å²) in [4.78, 5) is 34.6. The number of nitrogens with zero attached hydrogens (tertiary/aromatic N) is 4. The number of aliphatic hydroxyl groups is 1. The topological polar surface area (TPSA) is 91.8 Å². The molecule has 0 aromatic carbocycles. The number of β-amino-alcohol motifs (C(OH)–C–C–N with tert-alkyl or cyclic N) is 1. The molecule has 0 radical (unpaired) electrons. The van der Waals surface area contributed by atoms with Crippen molar-refractivity contribution < 1.29 is 14.3 Å². The van der Waals surface area contributed by atoms with Crippen LogP contribution in [0.5, 0.6) is 0 Å². The van der Waals surface area contributed by atoms with Gasteiger partial charge in [-0.15, -0.1) is 0 Å². The lowest BCUT2D eigenvalue weighted by atomic mass is 9.83. The fraction of sp³-hybridized carbons (Fsp3) is 0.435. The first-order valence-corrected chi connectivity index (χ1v) is 10.9. The Hall–Kier alpha value is -3.13. The Balaban J connectivity index is 1.32. The Labute approximate surface area is 178 Å². The zero-order valence-corrected chi connectivity index (χ0v) is 17.1. The summed E-state index contributed by atoms with van der Waals surface area (Å²) in [6.07, 6.45) is 4.56. The Morgan fingerprint density at radius 3 is 2.87 bits per heavy atom. The molecule has 2 fully saturated rings. The first kappa shape index (κ1) is 18.6. The summed E-state index contributed by atoms with van der Waals surface area (Å²) in [5.74, 6) is 1.18. The molecule has 1 amide bonds. The Morgan fingerprint density at radius 1 is 1.13 bits per heavy atom. The molecule has 31 heavy (non-hydrogen) atoms. The molecule has 160 valence electrons. The molecule has 6 rings (SSSR count). The van der Waals surface area contributed by atoms with Gasteiger partial charge >= 0.3 is 0 Å². The fourth-order valence-electron chi connectivity index (χ4n) is 5.51. The summed E-state index contributed by atoms with van der Waals surface area (Å²) in [7, 11) is 0. The summed E-state index contributed by atoms with van der Waals surface area (Å²) in [5, 5.41) is 10.8. The van der Waals surface area contributed by atoms with Crippen LogP contribution in [0.4, 0.5) is 5.82 Å². The van der Waals surface area contributed by atoms with E-state index in [0.29, 0.717) is 32.0 Å². The number of hydrogen-bond acceptors (Lipinski definition) is 6. The number of piperidine rings is 1. The van der Waals surface area contributed by atoms with Crippen molar-refractivity contribution in [2.45, 2.75) is 31.4 Å². The van der Waals surface area contributed by atoms with Crippen molar-refractivity contribution in [2.24, 2.45) is 5.92 Å². The molecular formula is C23H24N4O4. The lowest BCUT2D eigenvalue weighted by Crippen LogP contribution is -2.48. The lowest BCUT2D eigenvalue weighted by molar-refractivity contribution is 0.0762. The van der Waals surface area contributed by atoms with E-state index in [-0.39, 0.29) is 22.9 Å². The van der Waals surface area contributed by atoms with Gasteiger partial charge < -0.3 is 23.9 Å². The quantitative estimate of drug-likeness (QED) is 0.680. The van der Waals surface area contributed by atoms with Crippen LogP contribution in [0.15, 0.2) is 45.9 Å². The van der Waals surface area contributed by atoms with E-state index in [0.717, 1.165) is 42.0 Å². The Morgan fingerprint density at radius 2 is 2.03 bits per heavy atom. The van der Waals surface area contributed by atoms with Gasteiger partial charge in [0, 0.05) is 50.5 Å². The van der Waals surface area contributed by atoms with Gasteiger partial charge in [-0.1, -0.05) is 0 Å². The third kappa shape index (κ3) is 2.96. The zero-order valence-electron chi connectivity index (χ0n) is 17.1. The summed E-state index contributed by atoms with van der Waals surface area (Å²) < 4.78 is 7.34. The van der Waals surface area contributed by atoms with Crippen LogP contribution in [0, 0.1) is 5.92 Å². The number of furan rings is 1. The van der Waals surface area contributed by atoms with Gasteiger partial charge in [0.05, 0.1) is 17.8 Å². The van der Waals surface area contributed by atoms with Crippen molar-refractivity contribution in [3.8, 4) is 0 Å². The van der Waals surface area contributed by atoms with Gasteiger partial charge in [0.25, 0.3) is 11.5 Å². The smallest absolute Gasteiger partial charge is 0.263 e. The molecule has 2 bridgehead atoms. The van der Waals surface area contributed by atoms with Gasteiger partial charge in [0.2, 0.25) is 0 Å². The maximum Gasteiger partial charge on any atom is 0.263 e. The van der Waals surface area contributed by atoms with Crippen LogP contribution in [0.1, 0.15) is 34.8 Å². The highest BCUT2D eigenvalue weighted by Crippen LogP contribution is 2.38. The van der Waals surface area contributed by atoms with Gasteiger partial charge in [-0.25, -0.2) is 4.98 Å². The number of carbonyl (C=O) groups is 1. The normalized spacial score (nSPS) is 25.1. The highest BCUT2D eigenvalue weighted by atomic mass is 16.3. The molecule has 0 spiro atoms. The number of pyridine rings is 2. The monoisotopic (exact) mass is 420 g/mol. The van der Waals surface area contributed by atoms with Crippen molar-refractivity contribution in [1.29, 1.82) is 0 Å². The van der Waals surface area contributed by atoms with Gasteiger partial charge in [0.1, 0.15) is 17.0 Å². The molecule has 0 saturated carbocycles. The van der Waals surface area contributed by atoms with Crippen LogP contribution in [-0.2, 0) is 6.54 Å². The minimum absolute atomic E-state index is 0.206. The van der Waals surface area contributed by atoms with E-state index >= 15 is 0 Å². The van der Waals surface area contributed by atoms with Crippen molar-refractivity contribution in [2.75, 3.05) is 31.1 Å². The first-order chi connectivity index (χ1) is 15.1. The fourth-order valence-corrected chi connectivity index (χ4v) is 5.51. The minimum Gasteiger partial charge on any atom is -0.464 e. The Kier molecular flexibility index (Phi) is 4.17. The van der Waals surface area contributed by atoms with Crippen LogP contribution in [-0.4, -0.2) is 57.7 Å². The maximum absolute atomic E-state index is 13.2. The number of amides is 1. The number of anilines is 1. The second kappa shape index (κ2) is 6.95. The largest absolute Gasteiger partial charge is 0.464 e. The van der Waals surface area contributed by atoms with E-state index in [2.05, 4.69) is 9.88 Å². The molecule has 3 aliphatic rings. The number of aromatic nitrogens is 2. The van der Waals surface area contributed by atoms with E-state index < -0.39 is 6.10 Å². The molecule has 6 heterocycles. The SMILES string of the molecule is O=C(c1ccc2n(c1=O)C[C@H]1C[C@@H]2CN(c2nccc3occc23)C1)N1CC[C@H](O)C1. The molecule has 0 unspecified atom stereocenters. The van der Waals surface area contributed by atoms with E-state index in [1.807, 2.05) is 22.8 Å². The first-order valence-electron chi connectivity index (χ1n) is 10.9. The molecule has 3 aromatic heterocycles. The van der Waals surface area contributed by atoms with E-state index in [1.165, 1.54) is 0 Å². The van der Waals surface area contributed by atoms with Crippen molar-refractivity contribution in [1.82, 2.24) is 14.5 Å². The van der Waals surface area contributed by atoms with Gasteiger partial charge in [-0.05, 0) is 43.0 Å². The number of hydrogen-bond donors (Lipinski definition) is 1. The second-order valence-corrected chi connectivity index (χ2v) is 8.95. The van der Waals surface area contributed by atoms with Crippen LogP contribution in [0.3, 0.4) is 0 Å². The molecule has 3 atom stereocenters. The second-order valence-electron chi connectivity index (χ2n) is 8.95. The molecular weight excluding hydrogens is 396 g/mol. The van der Waals surface area contributed by atoms with Crippen LogP contribution in [0.2, 0.25) is 0 Å². The summed E-state index contributed by atoms with van der Waals surface area (Å²) >= 11 is 0. The molecule has 3 aliphatic heterocycles. The molecule has 8 heteroatoms. The molecule has 1 N–H and O–H groups in total. The summed E-state index contributed by atoms with van der Waals surface area (Å²) in [6, 6.07) is 7.44. The molecule has 8 nitrogen and oxygen atoms in total. The predicted molar refractivity (Wildman–Crippen MR) is 114 cm³/mol. The number of rotatable bonds is 2. The minimum atomic E-state index is -0.497. The zero-order chi connectivity index (χ0) is 21.1. The highest BCUT2D eigenvalue weighted by molar-refractivity contribution is 5.94. The number of fused-ring (bicyclic) bond motifs is 5. The summed E-state index contributed by atoms with van der Waals surface area (Å²) in [5.41, 5.74) is 1.82. The van der Waals surface area contributed by atoms with Crippen LogP contribution in [0.25, 0.3) is 11.0 Å². The third-order valence-corrected chi connectivity index (χ3v) is 6.94. The average Bonchev–Trinajstić information content (AvgIpc) is 3.42. The molecule has 0 aliphatic carbocycles. The standard InChI is InChI=1S/C23H24N4O4/c28-16-4-7-25(13-16)22(29)18-1-2-19-15-9-14(11-27(19)23(18)30)10-26(12-15)21-17-5-8-31-20(17)3-6-24-21/h1-3,5-6,8,14-16,28H,4,7,9-13H2/t14-,15+,16-/m0/s1. The van der Waals surface area contributed by atoms with Crippen LogP contribution >= 0.6 is 0 Å². The van der Waals surface area contributed by atoms with Crippen molar-refractivity contribution >= 4 is 22.7 Å². The highest BCUT2D eigenvalue weighted by Gasteiger charge is 2.37.